The number of aryl methyl sites for hydroxylation is 1. The van der Waals surface area contributed by atoms with E-state index in [1.54, 1.807) is 10.9 Å². The molecule has 3 N–H and O–H groups in total. The van der Waals surface area contributed by atoms with Gasteiger partial charge >= 0.3 is 0 Å². The lowest BCUT2D eigenvalue weighted by molar-refractivity contribution is 0.0128. The van der Waals surface area contributed by atoms with Gasteiger partial charge in [0.05, 0.1) is 29.8 Å². The molecule has 122 valence electrons. The molecular weight excluding hydrogens is 296 g/mol. The average Bonchev–Trinajstić information content (AvgIpc) is 3.26. The molecule has 2 aromatic rings. The molecule has 0 aliphatic carbocycles. The molecule has 2 bridgehead atoms. The van der Waals surface area contributed by atoms with Crippen LogP contribution in [0.25, 0.3) is 11.0 Å². The van der Waals surface area contributed by atoms with Gasteiger partial charge in [-0.1, -0.05) is 0 Å². The van der Waals surface area contributed by atoms with Crippen molar-refractivity contribution in [2.45, 2.75) is 24.5 Å². The number of nitrogens with two attached hydrogens (primary N) is 1. The quantitative estimate of drug-likeness (QED) is 0.799. The third-order valence-electron chi connectivity index (χ3n) is 5.89. The van der Waals surface area contributed by atoms with Crippen LogP contribution in [-0.2, 0) is 11.8 Å². The molecule has 0 radical (unpaired) electrons. The van der Waals surface area contributed by atoms with Gasteiger partial charge in [0.2, 0.25) is 5.95 Å². The van der Waals surface area contributed by atoms with Crippen LogP contribution in [0.2, 0.25) is 0 Å². The van der Waals surface area contributed by atoms with E-state index in [0.29, 0.717) is 17.7 Å². The van der Waals surface area contributed by atoms with Gasteiger partial charge in [0.25, 0.3) is 0 Å². The zero-order valence-electron chi connectivity index (χ0n) is 13.0. The van der Waals surface area contributed by atoms with Crippen molar-refractivity contribution in [2.24, 2.45) is 18.9 Å². The first-order valence-corrected chi connectivity index (χ1v) is 8.10. The van der Waals surface area contributed by atoms with E-state index < -0.39 is 0 Å². The van der Waals surface area contributed by atoms with E-state index in [2.05, 4.69) is 20.0 Å². The first-order chi connectivity index (χ1) is 11.1. The summed E-state index contributed by atoms with van der Waals surface area (Å²) in [5.74, 6) is 1.66. The van der Waals surface area contributed by atoms with Gasteiger partial charge in [0, 0.05) is 32.0 Å². The van der Waals surface area contributed by atoms with E-state index in [9.17, 15) is 5.11 Å². The molecule has 5 rings (SSSR count). The van der Waals surface area contributed by atoms with Crippen molar-refractivity contribution in [1.29, 1.82) is 0 Å². The summed E-state index contributed by atoms with van der Waals surface area (Å²) in [6.45, 7) is 1.77. The molecule has 5 heterocycles. The summed E-state index contributed by atoms with van der Waals surface area (Å²) in [6, 6.07) is 0. The van der Waals surface area contributed by atoms with Crippen LogP contribution < -0.4 is 10.6 Å². The fourth-order valence-electron chi connectivity index (χ4n) is 4.76. The Bertz CT molecular complexity index is 792. The van der Waals surface area contributed by atoms with Crippen molar-refractivity contribution in [2.75, 3.05) is 30.3 Å². The van der Waals surface area contributed by atoms with Gasteiger partial charge in [-0.15, -0.1) is 0 Å². The van der Waals surface area contributed by atoms with Crippen LogP contribution in [-0.4, -0.2) is 56.3 Å². The molecule has 0 unspecified atom stereocenters. The second kappa shape index (κ2) is 4.33. The Hall–Kier alpha value is -1.93. The summed E-state index contributed by atoms with van der Waals surface area (Å²) < 4.78 is 7.97. The molecule has 0 saturated carbocycles. The Labute approximate surface area is 133 Å². The van der Waals surface area contributed by atoms with Crippen LogP contribution in [0.4, 0.5) is 11.8 Å². The minimum absolute atomic E-state index is 0.141. The number of aromatic nitrogens is 4. The normalized spacial score (nSPS) is 35.4. The number of rotatable bonds is 2. The summed E-state index contributed by atoms with van der Waals surface area (Å²) in [6.07, 6.45) is 4.01. The minimum Gasteiger partial charge on any atom is -0.396 e. The van der Waals surface area contributed by atoms with Gasteiger partial charge in [-0.25, -0.2) is 0 Å². The second-order valence-corrected chi connectivity index (χ2v) is 7.01. The Balaban J connectivity index is 1.53. The van der Waals surface area contributed by atoms with Gasteiger partial charge in [0.15, 0.2) is 5.65 Å². The smallest absolute Gasteiger partial charge is 0.229 e. The maximum Gasteiger partial charge on any atom is 0.229 e. The highest BCUT2D eigenvalue weighted by molar-refractivity contribution is 5.86. The molecule has 3 fully saturated rings. The number of aliphatic hydroxyl groups excluding tert-OH is 1. The van der Waals surface area contributed by atoms with Crippen molar-refractivity contribution in [1.82, 2.24) is 19.7 Å². The molecule has 3 aliphatic rings. The summed E-state index contributed by atoms with van der Waals surface area (Å²) in [7, 11) is 1.85. The first kappa shape index (κ1) is 13.5. The maximum absolute atomic E-state index is 9.72. The molecule has 8 heteroatoms. The SMILES string of the molecule is Cn1ncc2c(N)nc(N3C[C@H]4[C@@H](CO)[C@@H]5CC[C@@]4(C3)O5)nc21. The zero-order valence-corrected chi connectivity index (χ0v) is 13.0. The minimum atomic E-state index is -0.141. The van der Waals surface area contributed by atoms with Gasteiger partial charge in [-0.05, 0) is 12.8 Å². The van der Waals surface area contributed by atoms with Gasteiger partial charge < -0.3 is 20.5 Å². The van der Waals surface area contributed by atoms with Crippen molar-refractivity contribution in [3.05, 3.63) is 6.20 Å². The van der Waals surface area contributed by atoms with Crippen molar-refractivity contribution < 1.29 is 9.84 Å². The number of ether oxygens (including phenoxy) is 1. The van der Waals surface area contributed by atoms with E-state index in [4.69, 9.17) is 10.5 Å². The van der Waals surface area contributed by atoms with E-state index in [1.165, 1.54) is 0 Å². The Morgan fingerprint density at radius 3 is 3.17 bits per heavy atom. The highest BCUT2D eigenvalue weighted by Crippen LogP contribution is 2.55. The monoisotopic (exact) mass is 316 g/mol. The predicted molar refractivity (Wildman–Crippen MR) is 83.8 cm³/mol. The van der Waals surface area contributed by atoms with Crippen LogP contribution in [0.1, 0.15) is 12.8 Å². The molecule has 0 amide bonds. The molecule has 3 aliphatic heterocycles. The lowest BCUT2D eigenvalue weighted by Gasteiger charge is -2.27. The van der Waals surface area contributed by atoms with Crippen LogP contribution in [0.5, 0.6) is 0 Å². The van der Waals surface area contributed by atoms with Crippen molar-refractivity contribution in [3.63, 3.8) is 0 Å². The second-order valence-electron chi connectivity index (χ2n) is 7.01. The Morgan fingerprint density at radius 2 is 2.35 bits per heavy atom. The fraction of sp³-hybridized carbons (Fsp3) is 0.667. The predicted octanol–water partition coefficient (Wildman–Crippen LogP) is -0.0784. The number of hydrogen-bond acceptors (Lipinski definition) is 7. The number of nitrogens with zero attached hydrogens (tertiary/aromatic N) is 5. The molecule has 0 aromatic carbocycles. The van der Waals surface area contributed by atoms with E-state index >= 15 is 0 Å². The lowest BCUT2D eigenvalue weighted by atomic mass is 9.74. The van der Waals surface area contributed by atoms with Crippen molar-refractivity contribution >= 4 is 22.8 Å². The third-order valence-corrected chi connectivity index (χ3v) is 5.89. The lowest BCUT2D eigenvalue weighted by Crippen LogP contribution is -2.37. The van der Waals surface area contributed by atoms with Crippen LogP contribution in [0.15, 0.2) is 6.20 Å². The van der Waals surface area contributed by atoms with Crippen LogP contribution in [0, 0.1) is 11.8 Å². The molecule has 3 saturated heterocycles. The average molecular weight is 316 g/mol. The molecule has 23 heavy (non-hydrogen) atoms. The number of aliphatic hydroxyl groups is 1. The Morgan fingerprint density at radius 1 is 1.48 bits per heavy atom. The zero-order chi connectivity index (χ0) is 15.8. The Kier molecular flexibility index (Phi) is 2.54. The summed E-state index contributed by atoms with van der Waals surface area (Å²) in [5.41, 5.74) is 6.68. The first-order valence-electron chi connectivity index (χ1n) is 8.10. The standard InChI is InChI=1S/C15H20N6O2/c1-20-13-8(4-17-20)12(16)18-14(19-13)21-5-10-9(6-22)11-2-3-15(10,7-21)23-11/h4,9-11,22H,2-3,5-7H2,1H3,(H2,16,18,19)/t9-,10+,11+,15+/m1/s1. The molecule has 1 spiro atoms. The fourth-order valence-corrected chi connectivity index (χ4v) is 4.76. The summed E-state index contributed by atoms with van der Waals surface area (Å²) in [4.78, 5) is 11.3. The summed E-state index contributed by atoms with van der Waals surface area (Å²) >= 11 is 0. The van der Waals surface area contributed by atoms with Crippen LogP contribution in [0.3, 0.4) is 0 Å². The largest absolute Gasteiger partial charge is 0.396 e. The highest BCUT2D eigenvalue weighted by Gasteiger charge is 2.63. The summed E-state index contributed by atoms with van der Waals surface area (Å²) in [5, 5.41) is 14.7. The molecular formula is C15H20N6O2. The number of nitrogen functional groups attached to an aromatic ring is 1. The third kappa shape index (κ3) is 1.65. The van der Waals surface area contributed by atoms with Gasteiger partial charge in [0.1, 0.15) is 5.82 Å². The maximum atomic E-state index is 9.72. The highest BCUT2D eigenvalue weighted by atomic mass is 16.5. The van der Waals surface area contributed by atoms with Gasteiger partial charge in [-0.3, -0.25) is 4.68 Å². The van der Waals surface area contributed by atoms with E-state index in [0.717, 1.165) is 37.0 Å². The molecule has 4 atom stereocenters. The van der Waals surface area contributed by atoms with E-state index in [-0.39, 0.29) is 24.2 Å². The van der Waals surface area contributed by atoms with Crippen molar-refractivity contribution in [3.8, 4) is 0 Å². The van der Waals surface area contributed by atoms with Gasteiger partial charge in [-0.2, -0.15) is 15.1 Å². The molecule has 2 aromatic heterocycles. The number of anilines is 2. The number of fused-ring (bicyclic) bond motifs is 2. The number of hydrogen-bond donors (Lipinski definition) is 2. The van der Waals surface area contributed by atoms with Crippen LogP contribution >= 0.6 is 0 Å². The van der Waals surface area contributed by atoms with E-state index in [1.807, 2.05) is 7.05 Å². The molecule has 8 nitrogen and oxygen atoms in total. The topological polar surface area (TPSA) is 102 Å².